The van der Waals surface area contributed by atoms with Crippen molar-refractivity contribution in [3.63, 3.8) is 0 Å². The van der Waals surface area contributed by atoms with Gasteiger partial charge in [0.05, 0.1) is 0 Å². The first-order chi connectivity index (χ1) is 15.7. The number of aryl methyl sites for hydroxylation is 2. The van der Waals surface area contributed by atoms with Gasteiger partial charge in [0.25, 0.3) is 5.91 Å². The molecule has 170 valence electrons. The maximum atomic E-state index is 13.2. The number of hydrogen-bond acceptors (Lipinski definition) is 5. The molecule has 2 aromatic rings. The zero-order valence-corrected chi connectivity index (χ0v) is 18.8. The van der Waals surface area contributed by atoms with Crippen LogP contribution in [-0.2, 0) is 24.2 Å². The lowest BCUT2D eigenvalue weighted by molar-refractivity contribution is -0.140. The lowest BCUT2D eigenvalue weighted by Crippen LogP contribution is -2.52. The van der Waals surface area contributed by atoms with Gasteiger partial charge in [0, 0.05) is 32.7 Å². The second-order valence-corrected chi connectivity index (χ2v) is 8.94. The molecule has 0 radical (unpaired) electrons. The van der Waals surface area contributed by atoms with E-state index in [1.807, 2.05) is 24.0 Å². The van der Waals surface area contributed by atoms with Crippen LogP contribution in [0.1, 0.15) is 42.9 Å². The van der Waals surface area contributed by atoms with Crippen LogP contribution in [0.15, 0.2) is 36.4 Å². The number of ether oxygens (including phenoxy) is 3. The van der Waals surface area contributed by atoms with Crippen LogP contribution in [0, 0.1) is 0 Å². The third-order valence-corrected chi connectivity index (χ3v) is 6.77. The molecule has 1 aliphatic carbocycles. The largest absolute Gasteiger partial charge is 0.481 e. The van der Waals surface area contributed by atoms with Crippen LogP contribution in [0.5, 0.6) is 17.2 Å². The Morgan fingerprint density at radius 2 is 1.75 bits per heavy atom. The summed E-state index contributed by atoms with van der Waals surface area (Å²) < 4.78 is 17.1. The van der Waals surface area contributed by atoms with E-state index >= 15 is 0 Å². The minimum absolute atomic E-state index is 0.105. The first kappa shape index (κ1) is 21.1. The fourth-order valence-corrected chi connectivity index (χ4v) is 4.88. The molecule has 1 saturated heterocycles. The van der Waals surface area contributed by atoms with Crippen molar-refractivity contribution >= 4 is 5.91 Å². The Morgan fingerprint density at radius 3 is 2.56 bits per heavy atom. The molecule has 5 rings (SSSR count). The zero-order chi connectivity index (χ0) is 21.9. The summed E-state index contributed by atoms with van der Waals surface area (Å²) in [5, 5.41) is 0. The van der Waals surface area contributed by atoms with Crippen molar-refractivity contribution in [2.75, 3.05) is 33.0 Å². The average molecular weight is 437 g/mol. The quantitative estimate of drug-likeness (QED) is 0.690. The van der Waals surface area contributed by atoms with E-state index < -0.39 is 6.10 Å². The molecule has 0 unspecified atom stereocenters. The minimum Gasteiger partial charge on any atom is -0.481 e. The summed E-state index contributed by atoms with van der Waals surface area (Å²) in [6.07, 6.45) is 5.03. The van der Waals surface area contributed by atoms with Crippen molar-refractivity contribution in [2.24, 2.45) is 0 Å². The van der Waals surface area contributed by atoms with Gasteiger partial charge in [-0.25, -0.2) is 0 Å². The van der Waals surface area contributed by atoms with Crippen LogP contribution >= 0.6 is 0 Å². The van der Waals surface area contributed by atoms with E-state index in [-0.39, 0.29) is 5.91 Å². The van der Waals surface area contributed by atoms with Gasteiger partial charge in [-0.2, -0.15) is 0 Å². The highest BCUT2D eigenvalue weighted by Crippen LogP contribution is 2.33. The van der Waals surface area contributed by atoms with E-state index in [1.165, 1.54) is 29.5 Å². The molecule has 2 aliphatic heterocycles. The normalized spacial score (nSPS) is 18.8. The van der Waals surface area contributed by atoms with E-state index in [0.717, 1.165) is 62.8 Å². The highest BCUT2D eigenvalue weighted by Gasteiger charge is 2.28. The number of carbonyl (C=O) groups excluding carboxylic acids is 1. The molecule has 1 fully saturated rings. The number of rotatable bonds is 6. The third kappa shape index (κ3) is 4.56. The number of nitrogens with zero attached hydrogens (tertiary/aromatic N) is 2. The second kappa shape index (κ2) is 9.41. The SMILES string of the molecule is CC[C@H](Oc1ccc2c(c1)CCCC2)C(=O)N1CCN(Cc2ccc3c(c2)OCO3)CC1. The summed E-state index contributed by atoms with van der Waals surface area (Å²) >= 11 is 0. The molecular formula is C26H32N2O4. The topological polar surface area (TPSA) is 51.2 Å². The standard InChI is InChI=1S/C26H32N2O4/c1-2-23(32-22-9-8-20-5-3-4-6-21(20)16-22)26(29)28-13-11-27(12-14-28)17-19-7-10-24-25(15-19)31-18-30-24/h7-10,15-16,23H,2-6,11-14,17-18H2,1H3/t23-/m0/s1. The van der Waals surface area contributed by atoms with Crippen LogP contribution in [0.3, 0.4) is 0 Å². The number of piperazine rings is 1. The Morgan fingerprint density at radius 1 is 0.969 bits per heavy atom. The summed E-state index contributed by atoms with van der Waals surface area (Å²) in [5.74, 6) is 2.57. The van der Waals surface area contributed by atoms with Gasteiger partial charge in [-0.15, -0.1) is 0 Å². The van der Waals surface area contributed by atoms with Gasteiger partial charge in [-0.05, 0) is 73.1 Å². The van der Waals surface area contributed by atoms with Crippen molar-refractivity contribution in [1.29, 1.82) is 0 Å². The molecule has 0 bridgehead atoms. The molecule has 0 N–H and O–H groups in total. The maximum Gasteiger partial charge on any atom is 0.263 e. The summed E-state index contributed by atoms with van der Waals surface area (Å²) in [6.45, 7) is 6.34. The number of fused-ring (bicyclic) bond motifs is 2. The number of amides is 1. The Bertz CT molecular complexity index is 968. The third-order valence-electron chi connectivity index (χ3n) is 6.77. The molecular weight excluding hydrogens is 404 g/mol. The average Bonchev–Trinajstić information content (AvgIpc) is 3.30. The zero-order valence-electron chi connectivity index (χ0n) is 18.8. The van der Waals surface area contributed by atoms with Gasteiger partial charge in [-0.1, -0.05) is 19.1 Å². The molecule has 0 saturated carbocycles. The highest BCUT2D eigenvalue weighted by atomic mass is 16.7. The van der Waals surface area contributed by atoms with Gasteiger partial charge < -0.3 is 19.1 Å². The van der Waals surface area contributed by atoms with Crippen LogP contribution in [0.25, 0.3) is 0 Å². The Balaban J connectivity index is 1.15. The van der Waals surface area contributed by atoms with Gasteiger partial charge in [0.2, 0.25) is 6.79 Å². The van der Waals surface area contributed by atoms with Crippen LogP contribution < -0.4 is 14.2 Å². The smallest absolute Gasteiger partial charge is 0.263 e. The molecule has 0 aromatic heterocycles. The van der Waals surface area contributed by atoms with E-state index in [1.54, 1.807) is 0 Å². The molecule has 1 amide bonds. The van der Waals surface area contributed by atoms with E-state index in [4.69, 9.17) is 14.2 Å². The Labute approximate surface area is 190 Å². The van der Waals surface area contributed by atoms with Crippen molar-refractivity contribution < 1.29 is 19.0 Å². The number of benzene rings is 2. The van der Waals surface area contributed by atoms with E-state index in [9.17, 15) is 4.79 Å². The summed E-state index contributed by atoms with van der Waals surface area (Å²) in [5.41, 5.74) is 4.02. The first-order valence-electron chi connectivity index (χ1n) is 11.9. The van der Waals surface area contributed by atoms with Gasteiger partial charge in [-0.3, -0.25) is 9.69 Å². The van der Waals surface area contributed by atoms with Crippen molar-refractivity contribution in [3.8, 4) is 17.2 Å². The first-order valence-corrected chi connectivity index (χ1v) is 11.9. The van der Waals surface area contributed by atoms with Crippen LogP contribution in [0.4, 0.5) is 0 Å². The molecule has 0 spiro atoms. The van der Waals surface area contributed by atoms with Gasteiger partial charge in [0.1, 0.15) is 5.75 Å². The maximum absolute atomic E-state index is 13.2. The summed E-state index contributed by atoms with van der Waals surface area (Å²) in [4.78, 5) is 17.5. The molecule has 2 heterocycles. The second-order valence-electron chi connectivity index (χ2n) is 8.94. The fraction of sp³-hybridized carbons (Fsp3) is 0.500. The Hall–Kier alpha value is -2.73. The van der Waals surface area contributed by atoms with Crippen molar-refractivity contribution in [3.05, 3.63) is 53.1 Å². The lowest BCUT2D eigenvalue weighted by Gasteiger charge is -2.36. The predicted octanol–water partition coefficient (Wildman–Crippen LogP) is 3.80. The molecule has 2 aromatic carbocycles. The fourth-order valence-electron chi connectivity index (χ4n) is 4.88. The van der Waals surface area contributed by atoms with Gasteiger partial charge in [0.15, 0.2) is 17.6 Å². The minimum atomic E-state index is -0.419. The molecule has 6 nitrogen and oxygen atoms in total. The highest BCUT2D eigenvalue weighted by molar-refractivity contribution is 5.81. The number of carbonyl (C=O) groups is 1. The molecule has 3 aliphatic rings. The lowest BCUT2D eigenvalue weighted by atomic mass is 9.92. The van der Waals surface area contributed by atoms with Crippen LogP contribution in [0.2, 0.25) is 0 Å². The monoisotopic (exact) mass is 436 g/mol. The number of hydrogen-bond donors (Lipinski definition) is 0. The van der Waals surface area contributed by atoms with Crippen molar-refractivity contribution in [1.82, 2.24) is 9.80 Å². The van der Waals surface area contributed by atoms with E-state index in [2.05, 4.69) is 29.2 Å². The Kier molecular flexibility index (Phi) is 6.21. The molecule has 1 atom stereocenters. The van der Waals surface area contributed by atoms with Crippen molar-refractivity contribution in [2.45, 2.75) is 51.7 Å². The van der Waals surface area contributed by atoms with E-state index in [0.29, 0.717) is 13.2 Å². The molecule has 32 heavy (non-hydrogen) atoms. The van der Waals surface area contributed by atoms with Crippen LogP contribution in [-0.4, -0.2) is 54.8 Å². The molecule has 6 heteroatoms. The van der Waals surface area contributed by atoms with Gasteiger partial charge >= 0.3 is 0 Å². The summed E-state index contributed by atoms with van der Waals surface area (Å²) in [6, 6.07) is 12.5. The predicted molar refractivity (Wildman–Crippen MR) is 122 cm³/mol. The summed E-state index contributed by atoms with van der Waals surface area (Å²) in [7, 11) is 0.